The second-order valence-corrected chi connectivity index (χ2v) is 10.5. The van der Waals surface area contributed by atoms with Gasteiger partial charge in [0.1, 0.15) is 18.2 Å². The molecular formula is C32H28F2N4O4. The Balaban J connectivity index is 1.16. The van der Waals surface area contributed by atoms with Crippen molar-refractivity contribution in [1.29, 1.82) is 5.26 Å². The second-order valence-electron chi connectivity index (χ2n) is 10.5. The number of hydrogen-bond donors (Lipinski definition) is 1. The lowest BCUT2D eigenvalue weighted by atomic mass is 9.99. The maximum Gasteiger partial charge on any atom is 0.335 e. The lowest BCUT2D eigenvalue weighted by Crippen LogP contribution is -2.33. The van der Waals surface area contributed by atoms with Gasteiger partial charge in [0, 0.05) is 25.3 Å². The van der Waals surface area contributed by atoms with Crippen LogP contribution in [0.2, 0.25) is 0 Å². The van der Waals surface area contributed by atoms with Crippen LogP contribution in [0, 0.1) is 23.0 Å². The van der Waals surface area contributed by atoms with Crippen molar-refractivity contribution in [2.75, 3.05) is 19.7 Å². The van der Waals surface area contributed by atoms with Crippen molar-refractivity contribution in [3.05, 3.63) is 100 Å². The first-order valence-electron chi connectivity index (χ1n) is 13.7. The smallest absolute Gasteiger partial charge is 0.335 e. The average molecular weight is 571 g/mol. The van der Waals surface area contributed by atoms with Crippen LogP contribution >= 0.6 is 0 Å². The summed E-state index contributed by atoms with van der Waals surface area (Å²) in [6.45, 7) is 3.18. The second kappa shape index (κ2) is 11.7. The van der Waals surface area contributed by atoms with E-state index in [1.807, 2.05) is 6.07 Å². The molecule has 1 unspecified atom stereocenters. The Kier molecular flexibility index (Phi) is 7.69. The molecule has 1 fully saturated rings. The normalized spacial score (nSPS) is 17.0. The van der Waals surface area contributed by atoms with Crippen LogP contribution in [-0.4, -0.2) is 51.3 Å². The Bertz CT molecular complexity index is 1740. The number of ether oxygens (including phenoxy) is 2. The van der Waals surface area contributed by atoms with Crippen LogP contribution in [0.3, 0.4) is 0 Å². The third kappa shape index (κ3) is 5.75. The highest BCUT2D eigenvalue weighted by Gasteiger charge is 2.24. The lowest BCUT2D eigenvalue weighted by Gasteiger charge is -2.29. The van der Waals surface area contributed by atoms with Crippen LogP contribution in [0.4, 0.5) is 8.78 Å². The number of halogens is 2. The Morgan fingerprint density at radius 1 is 1.14 bits per heavy atom. The first-order chi connectivity index (χ1) is 20.4. The third-order valence-electron chi connectivity index (χ3n) is 7.78. The number of fused-ring (bicyclic) bond motifs is 1. The van der Waals surface area contributed by atoms with E-state index in [-0.39, 0.29) is 35.2 Å². The molecule has 0 spiro atoms. The van der Waals surface area contributed by atoms with Crippen molar-refractivity contribution in [3.8, 4) is 11.8 Å². The zero-order valence-electron chi connectivity index (χ0n) is 22.7. The predicted molar refractivity (Wildman–Crippen MR) is 151 cm³/mol. The van der Waals surface area contributed by atoms with E-state index >= 15 is 0 Å². The largest absolute Gasteiger partial charge is 0.486 e. The van der Waals surface area contributed by atoms with E-state index in [0.717, 1.165) is 60.1 Å². The maximum absolute atomic E-state index is 14.5. The van der Waals surface area contributed by atoms with E-state index < -0.39 is 17.6 Å². The van der Waals surface area contributed by atoms with Crippen LogP contribution in [0.5, 0.6) is 5.75 Å². The van der Waals surface area contributed by atoms with Crippen molar-refractivity contribution in [1.82, 2.24) is 14.5 Å². The number of benzene rings is 3. The van der Waals surface area contributed by atoms with E-state index in [4.69, 9.17) is 19.7 Å². The fourth-order valence-electron chi connectivity index (χ4n) is 5.28. The number of aromatic carboxylic acids is 1. The quantitative estimate of drug-likeness (QED) is 0.282. The molecule has 1 aromatic heterocycles. The van der Waals surface area contributed by atoms with Crippen LogP contribution in [-0.2, 0) is 24.4 Å². The highest BCUT2D eigenvalue weighted by molar-refractivity contribution is 5.92. The minimum absolute atomic E-state index is 0.0345. The summed E-state index contributed by atoms with van der Waals surface area (Å²) >= 11 is 0. The van der Waals surface area contributed by atoms with Crippen LogP contribution in [0.1, 0.15) is 45.7 Å². The van der Waals surface area contributed by atoms with Gasteiger partial charge < -0.3 is 19.1 Å². The maximum atomic E-state index is 14.5. The topological polar surface area (TPSA) is 101 Å². The SMILES string of the molecule is N#Cc1ccc(COc2cc(C3=CCN(Cc4nc5ccc(C(=O)O)cc5n4CC4CCO4)CC3)ccc2F)c(F)c1. The molecule has 4 aromatic rings. The summed E-state index contributed by atoms with van der Waals surface area (Å²) in [6, 6.07) is 15.7. The van der Waals surface area contributed by atoms with E-state index in [9.17, 15) is 18.7 Å². The zero-order valence-corrected chi connectivity index (χ0v) is 22.7. The van der Waals surface area contributed by atoms with Crippen molar-refractivity contribution in [2.24, 2.45) is 0 Å². The van der Waals surface area contributed by atoms with Gasteiger partial charge in [0.25, 0.3) is 0 Å². The molecule has 42 heavy (non-hydrogen) atoms. The van der Waals surface area contributed by atoms with Crippen molar-refractivity contribution in [3.63, 3.8) is 0 Å². The highest BCUT2D eigenvalue weighted by atomic mass is 19.1. The zero-order chi connectivity index (χ0) is 29.2. The number of carbonyl (C=O) groups is 1. The van der Waals surface area contributed by atoms with E-state index in [0.29, 0.717) is 19.6 Å². The summed E-state index contributed by atoms with van der Waals surface area (Å²) in [5.41, 5.74) is 4.10. The number of nitriles is 1. The molecule has 2 aliphatic rings. The van der Waals surface area contributed by atoms with Gasteiger partial charge >= 0.3 is 5.97 Å². The number of carboxylic acid groups (broad SMARTS) is 1. The molecule has 3 aromatic carbocycles. The first kappa shape index (κ1) is 27.6. The third-order valence-corrected chi connectivity index (χ3v) is 7.78. The molecule has 2 aliphatic heterocycles. The van der Waals surface area contributed by atoms with E-state index in [1.165, 1.54) is 18.2 Å². The summed E-state index contributed by atoms with van der Waals surface area (Å²) in [7, 11) is 0. The van der Waals surface area contributed by atoms with Gasteiger partial charge in [0.05, 0.1) is 47.4 Å². The molecule has 10 heteroatoms. The summed E-state index contributed by atoms with van der Waals surface area (Å²) in [4.78, 5) is 18.7. The molecule has 1 atom stereocenters. The molecule has 6 rings (SSSR count). The number of aromatic nitrogens is 2. The molecule has 0 aliphatic carbocycles. The van der Waals surface area contributed by atoms with Gasteiger partial charge in [-0.3, -0.25) is 4.90 Å². The number of rotatable bonds is 9. The highest BCUT2D eigenvalue weighted by Crippen LogP contribution is 2.30. The van der Waals surface area contributed by atoms with Crippen molar-refractivity contribution < 1.29 is 28.2 Å². The Hall–Kier alpha value is -4.59. The molecular weight excluding hydrogens is 542 g/mol. The summed E-state index contributed by atoms with van der Waals surface area (Å²) in [5.74, 6) is -1.20. The van der Waals surface area contributed by atoms with Crippen LogP contribution in [0.15, 0.2) is 60.7 Å². The van der Waals surface area contributed by atoms with E-state index in [1.54, 1.807) is 30.3 Å². The minimum Gasteiger partial charge on any atom is -0.486 e. The van der Waals surface area contributed by atoms with Gasteiger partial charge in [-0.2, -0.15) is 5.26 Å². The Morgan fingerprint density at radius 2 is 2.00 bits per heavy atom. The van der Waals surface area contributed by atoms with Gasteiger partial charge in [-0.15, -0.1) is 0 Å². The van der Waals surface area contributed by atoms with E-state index in [2.05, 4.69) is 15.5 Å². The first-order valence-corrected chi connectivity index (χ1v) is 13.7. The van der Waals surface area contributed by atoms with Crippen molar-refractivity contribution in [2.45, 2.75) is 38.6 Å². The molecule has 3 heterocycles. The Morgan fingerprint density at radius 3 is 2.69 bits per heavy atom. The number of carboxylic acids is 1. The molecule has 214 valence electrons. The summed E-state index contributed by atoms with van der Waals surface area (Å²) < 4.78 is 42.1. The average Bonchev–Trinajstić information content (AvgIpc) is 3.31. The van der Waals surface area contributed by atoms with Gasteiger partial charge in [0.2, 0.25) is 0 Å². The Labute approximate surface area is 241 Å². The van der Waals surface area contributed by atoms with Crippen LogP contribution in [0.25, 0.3) is 16.6 Å². The monoisotopic (exact) mass is 570 g/mol. The number of imidazole rings is 1. The molecule has 1 saturated heterocycles. The minimum atomic E-state index is -0.976. The fraction of sp³-hybridized carbons (Fsp3) is 0.281. The fourth-order valence-corrected chi connectivity index (χ4v) is 5.28. The molecule has 1 N–H and O–H groups in total. The molecule has 0 amide bonds. The van der Waals surface area contributed by atoms with Gasteiger partial charge in [0.15, 0.2) is 11.6 Å². The molecule has 0 bridgehead atoms. The number of hydrogen-bond acceptors (Lipinski definition) is 6. The lowest BCUT2D eigenvalue weighted by molar-refractivity contribution is -0.0591. The van der Waals surface area contributed by atoms with Gasteiger partial charge in [-0.1, -0.05) is 18.2 Å². The van der Waals surface area contributed by atoms with Crippen LogP contribution < -0.4 is 4.74 Å². The molecule has 8 nitrogen and oxygen atoms in total. The summed E-state index contributed by atoms with van der Waals surface area (Å²) in [5, 5.41) is 18.4. The predicted octanol–water partition coefficient (Wildman–Crippen LogP) is 5.54. The van der Waals surface area contributed by atoms with Crippen molar-refractivity contribution >= 4 is 22.6 Å². The van der Waals surface area contributed by atoms with Gasteiger partial charge in [-0.05, 0) is 66.4 Å². The molecule has 0 radical (unpaired) electrons. The number of nitrogens with zero attached hydrogens (tertiary/aromatic N) is 4. The molecule has 0 saturated carbocycles. The summed E-state index contributed by atoms with van der Waals surface area (Å²) in [6.07, 6.45) is 3.88. The standard InChI is InChI=1S/C32H28F2N4O4/c33-26-5-3-22(15-30(26)42-19-24-2-1-20(16-35)13-27(24)34)21-7-10-37(11-8-21)18-31-36-28-6-4-23(32(39)40)14-29(28)38(31)17-25-9-12-41-25/h1-7,13-15,25H,8-12,17-19H2,(H,39,40). The van der Waals surface area contributed by atoms with Gasteiger partial charge in [-0.25, -0.2) is 18.6 Å².